The van der Waals surface area contributed by atoms with Gasteiger partial charge in [-0.3, -0.25) is 4.79 Å². The topological polar surface area (TPSA) is 117 Å². The molecule has 1 N–H and O–H groups in total. The molecule has 3 rings (SSSR count). The van der Waals surface area contributed by atoms with E-state index >= 15 is 0 Å². The van der Waals surface area contributed by atoms with Gasteiger partial charge in [0.2, 0.25) is 0 Å². The number of aliphatic imine (C=N–C) groups is 1. The van der Waals surface area contributed by atoms with Crippen molar-refractivity contribution in [2.45, 2.75) is 35.1 Å². The molecule has 218 valence electrons. The monoisotopic (exact) mass is 611 g/mol. The maximum absolute atomic E-state index is 13.8. The van der Waals surface area contributed by atoms with Crippen LogP contribution in [-0.2, 0) is 26.6 Å². The molecular formula is C23H23F6N5O4S2. The van der Waals surface area contributed by atoms with Crippen LogP contribution in [0.3, 0.4) is 0 Å². The van der Waals surface area contributed by atoms with E-state index in [9.17, 15) is 44.7 Å². The molecule has 1 aliphatic heterocycles. The molecule has 9 nitrogen and oxygen atoms in total. The second-order valence-electron chi connectivity index (χ2n) is 9.09. The van der Waals surface area contributed by atoms with E-state index in [0.717, 1.165) is 27.7 Å². The Morgan fingerprint density at radius 3 is 2.35 bits per heavy atom. The summed E-state index contributed by atoms with van der Waals surface area (Å²) in [6.45, 7) is 0.710. The van der Waals surface area contributed by atoms with Gasteiger partial charge in [0.05, 0.1) is 28.4 Å². The number of thiophene rings is 1. The Hall–Kier alpha value is -3.20. The quantitative estimate of drug-likeness (QED) is 0.302. The normalized spacial score (nSPS) is 18.9. The minimum atomic E-state index is -5.53. The van der Waals surface area contributed by atoms with Crippen molar-refractivity contribution < 1.29 is 44.7 Å². The van der Waals surface area contributed by atoms with Crippen LogP contribution in [0.1, 0.15) is 22.9 Å². The van der Waals surface area contributed by atoms with Gasteiger partial charge in [-0.1, -0.05) is 0 Å². The first-order valence-corrected chi connectivity index (χ1v) is 13.6. The molecule has 0 radical (unpaired) electrons. The van der Waals surface area contributed by atoms with Gasteiger partial charge in [0, 0.05) is 45.5 Å². The summed E-state index contributed by atoms with van der Waals surface area (Å²) in [7, 11) is -1.72. The lowest BCUT2D eigenvalue weighted by atomic mass is 10.0. The number of rotatable bonds is 6. The van der Waals surface area contributed by atoms with Crippen LogP contribution in [0.2, 0.25) is 0 Å². The summed E-state index contributed by atoms with van der Waals surface area (Å²) in [5.41, 5.74) is -5.62. The van der Waals surface area contributed by atoms with Crippen molar-refractivity contribution >= 4 is 39.3 Å². The average molecular weight is 612 g/mol. The van der Waals surface area contributed by atoms with Crippen LogP contribution in [0.5, 0.6) is 0 Å². The second-order valence-corrected chi connectivity index (χ2v) is 12.3. The first-order chi connectivity index (χ1) is 18.3. The molecule has 1 unspecified atom stereocenters. The minimum Gasteiger partial charge on any atom is -0.369 e. The smallest absolute Gasteiger partial charge is 0.369 e. The predicted molar refractivity (Wildman–Crippen MR) is 133 cm³/mol. The van der Waals surface area contributed by atoms with E-state index < -0.39 is 54.6 Å². The second kappa shape index (κ2) is 11.0. The Bertz CT molecular complexity index is 1450. The molecule has 2 aromatic rings. The number of nitriles is 1. The number of nitrogens with zero attached hydrogens (tertiary/aromatic N) is 5. The Morgan fingerprint density at radius 2 is 1.82 bits per heavy atom. The van der Waals surface area contributed by atoms with Gasteiger partial charge in [-0.2, -0.15) is 35.9 Å². The number of carbonyl (C=O) groups is 1. The van der Waals surface area contributed by atoms with Crippen LogP contribution in [0.15, 0.2) is 39.5 Å². The van der Waals surface area contributed by atoms with E-state index in [-0.39, 0.29) is 42.2 Å². The van der Waals surface area contributed by atoms with Crippen molar-refractivity contribution in [1.82, 2.24) is 9.21 Å². The molecule has 1 aromatic carbocycles. The van der Waals surface area contributed by atoms with Crippen molar-refractivity contribution in [2.75, 3.05) is 38.6 Å². The zero-order valence-electron chi connectivity index (χ0n) is 21.2. The molecule has 0 aliphatic carbocycles. The van der Waals surface area contributed by atoms with Gasteiger partial charge in [-0.15, -0.1) is 11.3 Å². The maximum atomic E-state index is 13.8. The summed E-state index contributed by atoms with van der Waals surface area (Å²) in [6, 6.07) is 5.23. The van der Waals surface area contributed by atoms with E-state index in [2.05, 4.69) is 4.99 Å². The van der Waals surface area contributed by atoms with Crippen LogP contribution < -0.4 is 4.90 Å². The molecule has 2 heterocycles. The number of hydrogen-bond acceptors (Lipinski definition) is 7. The largest absolute Gasteiger partial charge is 0.431 e. The van der Waals surface area contributed by atoms with Crippen LogP contribution >= 0.6 is 11.3 Å². The summed E-state index contributed by atoms with van der Waals surface area (Å²) in [5, 5.41) is 19.4. The number of anilines is 1. The van der Waals surface area contributed by atoms with Crippen molar-refractivity contribution in [2.24, 2.45) is 4.99 Å². The third kappa shape index (κ3) is 5.94. The molecule has 17 heteroatoms. The molecule has 40 heavy (non-hydrogen) atoms. The number of alkyl halides is 6. The van der Waals surface area contributed by atoms with Crippen LogP contribution in [0, 0.1) is 11.3 Å². The van der Waals surface area contributed by atoms with Gasteiger partial charge < -0.3 is 14.9 Å². The highest BCUT2D eigenvalue weighted by Crippen LogP contribution is 2.44. The van der Waals surface area contributed by atoms with Crippen molar-refractivity contribution in [3.8, 4) is 6.07 Å². The number of piperazine rings is 1. The van der Waals surface area contributed by atoms with Crippen molar-refractivity contribution in [3.63, 3.8) is 0 Å². The van der Waals surface area contributed by atoms with E-state index in [1.165, 1.54) is 32.0 Å². The number of halogens is 6. The van der Waals surface area contributed by atoms with Gasteiger partial charge in [0.25, 0.3) is 21.5 Å². The summed E-state index contributed by atoms with van der Waals surface area (Å²) >= 11 is 0.0381. The Morgan fingerprint density at radius 1 is 1.18 bits per heavy atom. The summed E-state index contributed by atoms with van der Waals surface area (Å²) in [6.07, 6.45) is -9.56. The number of amides is 1. The third-order valence-electron chi connectivity index (χ3n) is 5.96. The number of aliphatic hydroxyl groups is 1. The van der Waals surface area contributed by atoms with E-state index in [0.29, 0.717) is 12.1 Å². The summed E-state index contributed by atoms with van der Waals surface area (Å²) < 4.78 is 109. The zero-order valence-corrected chi connectivity index (χ0v) is 22.8. The lowest BCUT2D eigenvalue weighted by Gasteiger charge is -2.40. The molecule has 1 aromatic heterocycles. The fourth-order valence-electron chi connectivity index (χ4n) is 4.02. The summed E-state index contributed by atoms with van der Waals surface area (Å²) in [4.78, 5) is 16.9. The van der Waals surface area contributed by atoms with Crippen LogP contribution in [-0.4, -0.2) is 80.9 Å². The maximum Gasteiger partial charge on any atom is 0.431 e. The molecule has 0 bridgehead atoms. The van der Waals surface area contributed by atoms with Gasteiger partial charge in [0.1, 0.15) is 4.21 Å². The van der Waals surface area contributed by atoms with Crippen LogP contribution in [0.25, 0.3) is 0 Å². The number of benzene rings is 1. The summed E-state index contributed by atoms with van der Waals surface area (Å²) in [5.74, 6) is -1.97. The highest BCUT2D eigenvalue weighted by molar-refractivity contribution is 7.91. The highest BCUT2D eigenvalue weighted by Gasteiger charge is 2.62. The van der Waals surface area contributed by atoms with Gasteiger partial charge in [-0.05, 0) is 37.3 Å². The zero-order chi connectivity index (χ0) is 30.3. The molecule has 1 amide bonds. The fourth-order valence-corrected chi connectivity index (χ4v) is 7.17. The van der Waals surface area contributed by atoms with E-state index in [1.54, 1.807) is 6.07 Å². The highest BCUT2D eigenvalue weighted by atomic mass is 32.2. The predicted octanol–water partition coefficient (Wildman–Crippen LogP) is 3.40. The van der Waals surface area contributed by atoms with Gasteiger partial charge in [-0.25, -0.2) is 13.4 Å². The Labute approximate surface area is 229 Å². The third-order valence-corrected chi connectivity index (χ3v) is 9.64. The van der Waals surface area contributed by atoms with E-state index in [1.807, 2.05) is 0 Å². The average Bonchev–Trinajstić information content (AvgIpc) is 3.36. The standard InChI is InChI=1S/C23H23F6N5O4S2/c1-14-12-33(17-5-4-15(11-30)10-16(17)22(24,25)26)8-9-34(14)40(37,38)19-7-6-18(39-19)21(36,23(27,28)29)20(35)31-13-32(2)3/h4-7,10,13-14,36H,8-9,12H2,1-3H3/t14-,21?/m1/s1. The molecular weight excluding hydrogens is 588 g/mol. The first-order valence-electron chi connectivity index (χ1n) is 11.4. The van der Waals surface area contributed by atoms with Crippen molar-refractivity contribution in [1.29, 1.82) is 5.26 Å². The van der Waals surface area contributed by atoms with Gasteiger partial charge >= 0.3 is 12.4 Å². The molecule has 1 fully saturated rings. The molecule has 2 atom stereocenters. The lowest BCUT2D eigenvalue weighted by molar-refractivity contribution is -0.254. The molecule has 1 aliphatic rings. The van der Waals surface area contributed by atoms with Crippen molar-refractivity contribution in [3.05, 3.63) is 46.3 Å². The lowest BCUT2D eigenvalue weighted by Crippen LogP contribution is -2.54. The van der Waals surface area contributed by atoms with Crippen LogP contribution in [0.4, 0.5) is 32.0 Å². The SMILES string of the molecule is C[C@@H]1CN(c2ccc(C#N)cc2C(F)(F)F)CCN1S(=O)(=O)c1ccc(C(O)(C(=O)N=CN(C)C)C(F)(F)F)s1. The van der Waals surface area contributed by atoms with Gasteiger partial charge in [0.15, 0.2) is 0 Å². The number of carbonyl (C=O) groups excluding carboxylic acids is 1. The molecule has 1 saturated heterocycles. The molecule has 0 spiro atoms. The molecule has 0 saturated carbocycles. The number of hydrogen-bond donors (Lipinski definition) is 1. The Kier molecular flexibility index (Phi) is 8.61. The fraction of sp³-hybridized carbons (Fsp3) is 0.435. The number of sulfonamides is 1. The Balaban J connectivity index is 1.91. The first kappa shape index (κ1) is 31.3. The minimum absolute atomic E-state index is 0.0381. The van der Waals surface area contributed by atoms with E-state index in [4.69, 9.17) is 5.26 Å².